The molecule has 1 heterocycles. The third-order valence-corrected chi connectivity index (χ3v) is 2.20. The second-order valence-corrected chi connectivity index (χ2v) is 3.55. The molecule has 3 N–H and O–H groups in total. The molecular weight excluding hydrogens is 190 g/mol. The molecule has 0 fully saturated rings. The molecule has 0 aliphatic heterocycles. The minimum Gasteiger partial charge on any atom is -0.398 e. The van der Waals surface area contributed by atoms with Crippen molar-refractivity contribution in [2.45, 2.75) is 26.3 Å². The SMILES string of the molecule is CCNC(C)CC(=O)c1cnccc1N. The van der Waals surface area contributed by atoms with Crippen LogP contribution in [0.5, 0.6) is 0 Å². The lowest BCUT2D eigenvalue weighted by molar-refractivity contribution is 0.0972. The molecule has 0 bridgehead atoms. The van der Waals surface area contributed by atoms with Crippen LogP contribution in [-0.2, 0) is 0 Å². The Morgan fingerprint density at radius 2 is 2.40 bits per heavy atom. The van der Waals surface area contributed by atoms with E-state index in [2.05, 4.69) is 10.3 Å². The van der Waals surface area contributed by atoms with Crippen molar-refractivity contribution in [3.63, 3.8) is 0 Å². The molecule has 0 saturated carbocycles. The van der Waals surface area contributed by atoms with Gasteiger partial charge in [0.15, 0.2) is 5.78 Å². The highest BCUT2D eigenvalue weighted by Gasteiger charge is 2.12. The molecule has 1 rings (SSSR count). The number of anilines is 1. The van der Waals surface area contributed by atoms with Gasteiger partial charge in [0.2, 0.25) is 0 Å². The Kier molecular flexibility index (Phi) is 4.24. The predicted octanol–water partition coefficient (Wildman–Crippen LogP) is 1.23. The second kappa shape index (κ2) is 5.46. The average Bonchev–Trinajstić information content (AvgIpc) is 2.18. The molecule has 1 aromatic rings. The number of carbonyl (C=O) groups is 1. The lowest BCUT2D eigenvalue weighted by atomic mass is 10.1. The van der Waals surface area contributed by atoms with Crippen molar-refractivity contribution >= 4 is 11.5 Å². The summed E-state index contributed by atoms with van der Waals surface area (Å²) in [6.45, 7) is 4.85. The molecule has 4 heteroatoms. The lowest BCUT2D eigenvalue weighted by Gasteiger charge is -2.11. The molecule has 1 unspecified atom stereocenters. The van der Waals surface area contributed by atoms with Gasteiger partial charge in [0.05, 0.1) is 5.56 Å². The number of hydrogen-bond acceptors (Lipinski definition) is 4. The van der Waals surface area contributed by atoms with Crippen LogP contribution in [-0.4, -0.2) is 23.4 Å². The molecule has 0 saturated heterocycles. The molecule has 0 amide bonds. The van der Waals surface area contributed by atoms with Gasteiger partial charge in [-0.2, -0.15) is 0 Å². The number of carbonyl (C=O) groups excluding carboxylic acids is 1. The first-order valence-electron chi connectivity index (χ1n) is 5.11. The fourth-order valence-electron chi connectivity index (χ4n) is 1.45. The fourth-order valence-corrected chi connectivity index (χ4v) is 1.45. The van der Waals surface area contributed by atoms with Crippen LogP contribution in [0.2, 0.25) is 0 Å². The highest BCUT2D eigenvalue weighted by atomic mass is 16.1. The van der Waals surface area contributed by atoms with E-state index in [-0.39, 0.29) is 11.8 Å². The van der Waals surface area contributed by atoms with Gasteiger partial charge in [0, 0.05) is 30.5 Å². The summed E-state index contributed by atoms with van der Waals surface area (Å²) in [4.78, 5) is 15.7. The molecule has 4 nitrogen and oxygen atoms in total. The van der Waals surface area contributed by atoms with E-state index < -0.39 is 0 Å². The first-order chi connectivity index (χ1) is 7.15. The number of ketones is 1. The number of aromatic nitrogens is 1. The summed E-state index contributed by atoms with van der Waals surface area (Å²) in [6, 6.07) is 1.81. The number of nitrogens with zero attached hydrogens (tertiary/aromatic N) is 1. The molecular formula is C11H17N3O. The summed E-state index contributed by atoms with van der Waals surface area (Å²) in [5, 5.41) is 3.18. The number of Topliss-reactive ketones (excluding diaryl/α,β-unsaturated/α-hetero) is 1. The molecule has 0 aliphatic rings. The van der Waals surface area contributed by atoms with Gasteiger partial charge in [-0.3, -0.25) is 9.78 Å². The third kappa shape index (κ3) is 3.32. The second-order valence-electron chi connectivity index (χ2n) is 3.55. The van der Waals surface area contributed by atoms with Gasteiger partial charge in [0.25, 0.3) is 0 Å². The van der Waals surface area contributed by atoms with E-state index in [0.717, 1.165) is 6.54 Å². The summed E-state index contributed by atoms with van der Waals surface area (Å²) in [5.74, 6) is 0.0362. The number of nitrogen functional groups attached to an aromatic ring is 1. The van der Waals surface area contributed by atoms with Crippen LogP contribution in [0, 0.1) is 0 Å². The van der Waals surface area contributed by atoms with Crippen molar-refractivity contribution in [2.75, 3.05) is 12.3 Å². The standard InChI is InChI=1S/C11H17N3O/c1-3-14-8(2)6-11(15)9-7-13-5-4-10(9)12/h4-5,7-8,14H,3,6H2,1-2H3,(H2,12,13). The molecule has 15 heavy (non-hydrogen) atoms. The van der Waals surface area contributed by atoms with E-state index in [4.69, 9.17) is 5.73 Å². The summed E-state index contributed by atoms with van der Waals surface area (Å²) in [5.41, 5.74) is 6.70. The molecule has 0 radical (unpaired) electrons. The van der Waals surface area contributed by atoms with Gasteiger partial charge in [-0.25, -0.2) is 0 Å². The Labute approximate surface area is 89.9 Å². The predicted molar refractivity (Wildman–Crippen MR) is 60.7 cm³/mol. The maximum atomic E-state index is 11.8. The van der Waals surface area contributed by atoms with Crippen LogP contribution in [0.25, 0.3) is 0 Å². The number of nitrogens with two attached hydrogens (primary N) is 1. The van der Waals surface area contributed by atoms with E-state index in [1.54, 1.807) is 12.3 Å². The minimum atomic E-state index is 0.0362. The quantitative estimate of drug-likeness (QED) is 0.713. The van der Waals surface area contributed by atoms with Gasteiger partial charge in [-0.1, -0.05) is 6.92 Å². The van der Waals surface area contributed by atoms with E-state index in [0.29, 0.717) is 17.7 Å². The zero-order valence-electron chi connectivity index (χ0n) is 9.16. The molecule has 0 aromatic carbocycles. The number of pyridine rings is 1. The average molecular weight is 207 g/mol. The summed E-state index contributed by atoms with van der Waals surface area (Å²) in [6.07, 6.45) is 3.56. The normalized spacial score (nSPS) is 12.4. The van der Waals surface area contributed by atoms with E-state index in [9.17, 15) is 4.79 Å². The van der Waals surface area contributed by atoms with Gasteiger partial charge in [-0.05, 0) is 19.5 Å². The largest absolute Gasteiger partial charge is 0.398 e. The van der Waals surface area contributed by atoms with Crippen LogP contribution in [0.3, 0.4) is 0 Å². The van der Waals surface area contributed by atoms with Crippen LogP contribution in [0.1, 0.15) is 30.6 Å². The third-order valence-electron chi connectivity index (χ3n) is 2.20. The Morgan fingerprint density at radius 1 is 1.67 bits per heavy atom. The first kappa shape index (κ1) is 11.7. The van der Waals surface area contributed by atoms with Gasteiger partial charge in [-0.15, -0.1) is 0 Å². The van der Waals surface area contributed by atoms with Crippen LogP contribution >= 0.6 is 0 Å². The molecule has 1 atom stereocenters. The van der Waals surface area contributed by atoms with Crippen molar-refractivity contribution in [1.29, 1.82) is 0 Å². The highest BCUT2D eigenvalue weighted by Crippen LogP contribution is 2.12. The van der Waals surface area contributed by atoms with Gasteiger partial charge >= 0.3 is 0 Å². The maximum absolute atomic E-state index is 11.8. The van der Waals surface area contributed by atoms with Crippen LogP contribution in [0.15, 0.2) is 18.5 Å². The number of hydrogen-bond donors (Lipinski definition) is 2. The molecule has 1 aromatic heterocycles. The Bertz CT molecular complexity index is 338. The number of rotatable bonds is 5. The minimum absolute atomic E-state index is 0.0362. The fraction of sp³-hybridized carbons (Fsp3) is 0.455. The smallest absolute Gasteiger partial charge is 0.168 e. The van der Waals surface area contributed by atoms with E-state index in [1.807, 2.05) is 13.8 Å². The van der Waals surface area contributed by atoms with E-state index >= 15 is 0 Å². The summed E-state index contributed by atoms with van der Waals surface area (Å²) >= 11 is 0. The first-order valence-corrected chi connectivity index (χ1v) is 5.11. The van der Waals surface area contributed by atoms with Crippen molar-refractivity contribution in [1.82, 2.24) is 10.3 Å². The Morgan fingerprint density at radius 3 is 3.00 bits per heavy atom. The van der Waals surface area contributed by atoms with E-state index in [1.165, 1.54) is 6.20 Å². The van der Waals surface area contributed by atoms with Crippen molar-refractivity contribution in [2.24, 2.45) is 0 Å². The maximum Gasteiger partial charge on any atom is 0.168 e. The summed E-state index contributed by atoms with van der Waals surface area (Å²) in [7, 11) is 0. The summed E-state index contributed by atoms with van der Waals surface area (Å²) < 4.78 is 0. The lowest BCUT2D eigenvalue weighted by Crippen LogP contribution is -2.28. The molecule has 0 aliphatic carbocycles. The highest BCUT2D eigenvalue weighted by molar-refractivity contribution is 6.00. The van der Waals surface area contributed by atoms with Crippen molar-refractivity contribution < 1.29 is 4.79 Å². The van der Waals surface area contributed by atoms with Crippen LogP contribution < -0.4 is 11.1 Å². The number of nitrogens with one attached hydrogen (secondary N) is 1. The molecule has 82 valence electrons. The van der Waals surface area contributed by atoms with Gasteiger partial charge in [0.1, 0.15) is 0 Å². The van der Waals surface area contributed by atoms with Crippen molar-refractivity contribution in [3.8, 4) is 0 Å². The Hall–Kier alpha value is -1.42. The monoisotopic (exact) mass is 207 g/mol. The zero-order chi connectivity index (χ0) is 11.3. The molecule has 0 spiro atoms. The van der Waals surface area contributed by atoms with Crippen LogP contribution in [0.4, 0.5) is 5.69 Å². The topological polar surface area (TPSA) is 68.0 Å². The van der Waals surface area contributed by atoms with Crippen molar-refractivity contribution in [3.05, 3.63) is 24.0 Å². The van der Waals surface area contributed by atoms with Gasteiger partial charge < -0.3 is 11.1 Å². The zero-order valence-corrected chi connectivity index (χ0v) is 9.16. The Balaban J connectivity index is 2.65.